The molecule has 0 aliphatic carbocycles. The third-order valence-electron chi connectivity index (χ3n) is 4.13. The van der Waals surface area contributed by atoms with Crippen LogP contribution in [0.5, 0.6) is 0 Å². The summed E-state index contributed by atoms with van der Waals surface area (Å²) in [6, 6.07) is 0. The largest absolute Gasteiger partial charge is 0.481 e. The summed E-state index contributed by atoms with van der Waals surface area (Å²) in [6.45, 7) is 8.90. The van der Waals surface area contributed by atoms with Crippen molar-refractivity contribution in [3.63, 3.8) is 0 Å². The zero-order chi connectivity index (χ0) is 28.2. The van der Waals surface area contributed by atoms with Crippen molar-refractivity contribution in [2.45, 2.75) is 18.4 Å². The number of carboxylic acids is 3. The molecule has 0 amide bonds. The van der Waals surface area contributed by atoms with Crippen molar-refractivity contribution in [2.75, 3.05) is 91.8 Å². The van der Waals surface area contributed by atoms with Crippen LogP contribution in [-0.4, -0.2) is 156 Å². The average molecular weight is 531 g/mol. The summed E-state index contributed by atoms with van der Waals surface area (Å²) < 4.78 is 0. The molecule has 216 valence electrons. The first kappa shape index (κ1) is 38.5. The summed E-state index contributed by atoms with van der Waals surface area (Å²) in [5.74, 6) is -5.02. The zero-order valence-electron chi connectivity index (χ0n) is 20.8. The molecule has 36 heavy (non-hydrogen) atoms. The maximum atomic E-state index is 10.3. The van der Waals surface area contributed by atoms with Crippen LogP contribution in [0.1, 0.15) is 12.8 Å². The topological polar surface area (TPSA) is 284 Å². The van der Waals surface area contributed by atoms with Gasteiger partial charge >= 0.3 is 17.9 Å². The van der Waals surface area contributed by atoms with Crippen LogP contribution in [0.25, 0.3) is 0 Å². The molecule has 16 heteroatoms. The van der Waals surface area contributed by atoms with E-state index in [9.17, 15) is 14.4 Å². The van der Waals surface area contributed by atoms with Crippen LogP contribution in [0.3, 0.4) is 0 Å². The third kappa shape index (κ3) is 28.2. The lowest BCUT2D eigenvalue weighted by Crippen LogP contribution is -2.42. The van der Waals surface area contributed by atoms with Gasteiger partial charge in [-0.15, -0.1) is 0 Å². The Morgan fingerprint density at radius 3 is 1.17 bits per heavy atom. The van der Waals surface area contributed by atoms with Gasteiger partial charge in [0.15, 0.2) is 5.60 Å². The Hall–Kier alpha value is -1.99. The molecule has 0 unspecified atom stereocenters. The SMILES string of the molecule is NCCNCCNCCNCCN.O=C(O)CC(O)(CC(=O)O)C(=O)O.OCCN(CCO)CCO. The van der Waals surface area contributed by atoms with Gasteiger partial charge in [0, 0.05) is 72.0 Å². The Labute approximate surface area is 211 Å². The zero-order valence-corrected chi connectivity index (χ0v) is 20.8. The molecule has 0 fully saturated rings. The fourth-order valence-corrected chi connectivity index (χ4v) is 2.41. The predicted octanol–water partition coefficient (Wildman–Crippen LogP) is -5.31. The number of carbonyl (C=O) groups is 3. The number of aliphatic carboxylic acids is 3. The Morgan fingerprint density at radius 2 is 0.944 bits per heavy atom. The Bertz CT molecular complexity index is 505. The Kier molecular flexibility index (Phi) is 29.5. The molecular weight excluding hydrogens is 484 g/mol. The second-order valence-electron chi connectivity index (χ2n) is 7.32. The van der Waals surface area contributed by atoms with Gasteiger partial charge in [0.05, 0.1) is 32.7 Å². The smallest absolute Gasteiger partial charge is 0.336 e. The number of hydrogen-bond acceptors (Lipinski definition) is 13. The summed E-state index contributed by atoms with van der Waals surface area (Å²) >= 11 is 0. The summed E-state index contributed by atoms with van der Waals surface area (Å²) in [5.41, 5.74) is 7.90. The molecule has 0 aliphatic heterocycles. The molecule has 0 aliphatic rings. The molecule has 0 saturated carbocycles. The minimum atomic E-state index is -2.74. The molecule has 0 radical (unpaired) electrons. The highest BCUT2D eigenvalue weighted by atomic mass is 16.4. The highest BCUT2D eigenvalue weighted by molar-refractivity contribution is 5.88. The van der Waals surface area contributed by atoms with E-state index >= 15 is 0 Å². The van der Waals surface area contributed by atoms with Crippen LogP contribution in [0, 0.1) is 0 Å². The molecule has 0 rings (SSSR count). The summed E-state index contributed by atoms with van der Waals surface area (Å²) in [7, 11) is 0. The number of nitrogens with zero attached hydrogens (tertiary/aromatic N) is 1. The van der Waals surface area contributed by atoms with Gasteiger partial charge in [0.2, 0.25) is 0 Å². The molecule has 0 aromatic rings. The first-order chi connectivity index (χ1) is 17.0. The molecule has 16 nitrogen and oxygen atoms in total. The standard InChI is InChI=1S/C8H23N5.C6H15NO3.C6H8O7/c9-1-3-11-5-7-13-8-6-12-4-2-10;8-4-1-7(2-5-9)3-6-10;7-3(8)1-6(13,5(11)12)2-4(9)10/h11-13H,1-10H2;8-10H,1-6H2;13H,1-2H2,(H,7,8)(H,9,10)(H,11,12). The number of carboxylic acid groups (broad SMARTS) is 3. The van der Waals surface area contributed by atoms with E-state index in [1.165, 1.54) is 0 Å². The number of nitrogens with one attached hydrogen (secondary N) is 3. The first-order valence-corrected chi connectivity index (χ1v) is 11.5. The van der Waals surface area contributed by atoms with Gasteiger partial charge in [-0.25, -0.2) is 4.79 Å². The first-order valence-electron chi connectivity index (χ1n) is 11.5. The van der Waals surface area contributed by atoms with E-state index in [1.807, 2.05) is 0 Å². The van der Waals surface area contributed by atoms with Crippen molar-refractivity contribution in [1.29, 1.82) is 0 Å². The van der Waals surface area contributed by atoms with E-state index in [-0.39, 0.29) is 19.8 Å². The average Bonchev–Trinajstić information content (AvgIpc) is 2.78. The molecule has 0 aromatic heterocycles. The lowest BCUT2D eigenvalue weighted by Gasteiger charge is -2.18. The van der Waals surface area contributed by atoms with E-state index in [0.29, 0.717) is 32.7 Å². The van der Waals surface area contributed by atoms with Crippen LogP contribution in [0.15, 0.2) is 0 Å². The maximum Gasteiger partial charge on any atom is 0.336 e. The molecule has 0 bridgehead atoms. The number of aliphatic hydroxyl groups is 4. The maximum absolute atomic E-state index is 10.3. The van der Waals surface area contributed by atoms with Gasteiger partial charge in [-0.1, -0.05) is 0 Å². The van der Waals surface area contributed by atoms with Gasteiger partial charge in [-0.2, -0.15) is 0 Å². The summed E-state index contributed by atoms with van der Waals surface area (Å²) in [4.78, 5) is 32.3. The normalized spacial score (nSPS) is 10.8. The fraction of sp³-hybridized carbons (Fsp3) is 0.850. The van der Waals surface area contributed by atoms with Crippen molar-refractivity contribution in [2.24, 2.45) is 11.5 Å². The molecule has 0 spiro atoms. The Balaban J connectivity index is -0.000000459. The van der Waals surface area contributed by atoms with Crippen molar-refractivity contribution >= 4 is 17.9 Å². The van der Waals surface area contributed by atoms with Crippen molar-refractivity contribution in [3.05, 3.63) is 0 Å². The number of aliphatic hydroxyl groups excluding tert-OH is 3. The van der Waals surface area contributed by atoms with E-state index in [0.717, 1.165) is 39.3 Å². The molecule has 0 aromatic carbocycles. The highest BCUT2D eigenvalue weighted by Crippen LogP contribution is 2.15. The van der Waals surface area contributed by atoms with E-state index in [4.69, 9.17) is 47.2 Å². The molecule has 0 heterocycles. The minimum absolute atomic E-state index is 0.0694. The monoisotopic (exact) mass is 530 g/mol. The van der Waals surface area contributed by atoms with Crippen LogP contribution in [0.4, 0.5) is 0 Å². The van der Waals surface area contributed by atoms with Gasteiger partial charge in [-0.3, -0.25) is 14.5 Å². The van der Waals surface area contributed by atoms with Gasteiger partial charge in [-0.05, 0) is 0 Å². The highest BCUT2D eigenvalue weighted by Gasteiger charge is 2.40. The molecular formula is C20H46N6O10. The quantitative estimate of drug-likeness (QED) is 0.0617. The van der Waals surface area contributed by atoms with E-state index < -0.39 is 36.4 Å². The van der Waals surface area contributed by atoms with E-state index in [2.05, 4.69) is 16.0 Å². The lowest BCUT2D eigenvalue weighted by atomic mass is 9.96. The van der Waals surface area contributed by atoms with Crippen molar-refractivity contribution < 1.29 is 50.1 Å². The predicted molar refractivity (Wildman–Crippen MR) is 132 cm³/mol. The Morgan fingerprint density at radius 1 is 0.639 bits per heavy atom. The number of hydrogen-bond donors (Lipinski definition) is 12. The van der Waals surface area contributed by atoms with Crippen LogP contribution < -0.4 is 27.4 Å². The van der Waals surface area contributed by atoms with Crippen molar-refractivity contribution in [1.82, 2.24) is 20.9 Å². The third-order valence-corrected chi connectivity index (χ3v) is 4.13. The fourth-order valence-electron chi connectivity index (χ4n) is 2.41. The van der Waals surface area contributed by atoms with Crippen molar-refractivity contribution in [3.8, 4) is 0 Å². The lowest BCUT2D eigenvalue weighted by molar-refractivity contribution is -0.170. The molecule has 0 atom stereocenters. The molecule has 14 N–H and O–H groups in total. The van der Waals surface area contributed by atoms with Gasteiger partial charge in [0.1, 0.15) is 0 Å². The van der Waals surface area contributed by atoms with Crippen LogP contribution >= 0.6 is 0 Å². The summed E-state index contributed by atoms with van der Waals surface area (Å²) in [6.07, 6.45) is -2.29. The molecule has 0 saturated heterocycles. The summed E-state index contributed by atoms with van der Waals surface area (Å²) in [5, 5.41) is 69.0. The number of rotatable bonds is 21. The van der Waals surface area contributed by atoms with Gasteiger partial charge < -0.3 is 63.2 Å². The van der Waals surface area contributed by atoms with Gasteiger partial charge in [0.25, 0.3) is 0 Å². The second-order valence-corrected chi connectivity index (χ2v) is 7.32. The van der Waals surface area contributed by atoms with Crippen LogP contribution in [0.2, 0.25) is 0 Å². The van der Waals surface area contributed by atoms with E-state index in [1.54, 1.807) is 4.90 Å². The minimum Gasteiger partial charge on any atom is -0.481 e. The second kappa shape index (κ2) is 27.6. The number of nitrogens with two attached hydrogens (primary N) is 2. The van der Waals surface area contributed by atoms with Crippen LogP contribution in [-0.2, 0) is 14.4 Å².